The standard InChI is InChI=1S/C16H13F3N2O5S/c17-16(18,19)27(24,25)12-5-6-13(14(8-12)21(22)23)20-9-11-7-10-3-1-2-4-15(10)26-11/h1-6,8,11,20H,7,9H2/t11-/m0/s1. The Balaban J connectivity index is 1.80. The van der Waals surface area contributed by atoms with Gasteiger partial charge in [-0.15, -0.1) is 0 Å². The molecule has 1 aliphatic rings. The number of anilines is 1. The molecule has 1 atom stereocenters. The van der Waals surface area contributed by atoms with Crippen LogP contribution < -0.4 is 10.1 Å². The number of rotatable bonds is 5. The maximum absolute atomic E-state index is 12.6. The summed E-state index contributed by atoms with van der Waals surface area (Å²) >= 11 is 0. The lowest BCUT2D eigenvalue weighted by atomic mass is 10.1. The first-order valence-corrected chi connectivity index (χ1v) is 9.16. The molecule has 2 aromatic carbocycles. The lowest BCUT2D eigenvalue weighted by molar-refractivity contribution is -0.384. The largest absolute Gasteiger partial charge is 0.501 e. The second-order valence-corrected chi connectivity index (χ2v) is 7.76. The Labute approximate surface area is 151 Å². The van der Waals surface area contributed by atoms with Crippen LogP contribution in [0.5, 0.6) is 5.75 Å². The Morgan fingerprint density at radius 2 is 1.93 bits per heavy atom. The molecule has 3 rings (SSSR count). The van der Waals surface area contributed by atoms with Crippen molar-refractivity contribution in [3.63, 3.8) is 0 Å². The Bertz CT molecular complexity index is 967. The molecule has 0 bridgehead atoms. The second-order valence-electron chi connectivity index (χ2n) is 5.82. The first-order chi connectivity index (χ1) is 12.6. The number of nitro benzene ring substituents is 1. The van der Waals surface area contributed by atoms with Crippen LogP contribution in [0.1, 0.15) is 5.56 Å². The van der Waals surface area contributed by atoms with E-state index in [2.05, 4.69) is 5.32 Å². The molecule has 144 valence electrons. The zero-order chi connectivity index (χ0) is 19.8. The molecule has 0 saturated carbocycles. The van der Waals surface area contributed by atoms with Gasteiger partial charge in [-0.3, -0.25) is 10.1 Å². The van der Waals surface area contributed by atoms with Crippen LogP contribution in [0.15, 0.2) is 47.4 Å². The summed E-state index contributed by atoms with van der Waals surface area (Å²) in [5.41, 5.74) is -5.43. The summed E-state index contributed by atoms with van der Waals surface area (Å²) in [7, 11) is -5.67. The van der Waals surface area contributed by atoms with Gasteiger partial charge >= 0.3 is 5.51 Å². The molecule has 0 amide bonds. The number of para-hydroxylation sites is 1. The van der Waals surface area contributed by atoms with Gasteiger partial charge in [0.25, 0.3) is 15.5 Å². The van der Waals surface area contributed by atoms with E-state index < -0.39 is 30.9 Å². The molecule has 27 heavy (non-hydrogen) atoms. The van der Waals surface area contributed by atoms with Crippen LogP contribution in [0.25, 0.3) is 0 Å². The average molecular weight is 402 g/mol. The Morgan fingerprint density at radius 1 is 1.22 bits per heavy atom. The normalized spacial score (nSPS) is 16.5. The zero-order valence-corrected chi connectivity index (χ0v) is 14.4. The summed E-state index contributed by atoms with van der Waals surface area (Å²) in [5, 5.41) is 13.9. The molecule has 0 aliphatic carbocycles. The van der Waals surface area contributed by atoms with Crippen molar-refractivity contribution in [1.29, 1.82) is 0 Å². The molecule has 0 spiro atoms. The van der Waals surface area contributed by atoms with E-state index in [0.717, 1.165) is 11.6 Å². The summed E-state index contributed by atoms with van der Waals surface area (Å²) in [6.07, 6.45) is 0.248. The summed E-state index contributed by atoms with van der Waals surface area (Å²) in [5.74, 6) is 0.699. The van der Waals surface area contributed by atoms with E-state index in [4.69, 9.17) is 4.74 Å². The van der Waals surface area contributed by atoms with Crippen LogP contribution >= 0.6 is 0 Å². The van der Waals surface area contributed by atoms with Crippen molar-refractivity contribution in [2.75, 3.05) is 11.9 Å². The smallest absolute Gasteiger partial charge is 0.488 e. The highest BCUT2D eigenvalue weighted by Gasteiger charge is 2.47. The number of nitrogens with zero attached hydrogens (tertiary/aromatic N) is 1. The fourth-order valence-corrected chi connectivity index (χ4v) is 3.49. The van der Waals surface area contributed by atoms with E-state index in [1.807, 2.05) is 12.1 Å². The highest BCUT2D eigenvalue weighted by molar-refractivity contribution is 7.92. The van der Waals surface area contributed by atoms with Crippen LogP contribution in [-0.4, -0.2) is 31.5 Å². The second kappa shape index (κ2) is 6.72. The van der Waals surface area contributed by atoms with Crippen molar-refractivity contribution in [2.24, 2.45) is 0 Å². The van der Waals surface area contributed by atoms with E-state index in [9.17, 15) is 31.7 Å². The summed E-state index contributed by atoms with van der Waals surface area (Å²) in [6.45, 7) is 0.154. The highest BCUT2D eigenvalue weighted by atomic mass is 32.2. The van der Waals surface area contributed by atoms with Crippen LogP contribution in [0, 0.1) is 10.1 Å². The third-order valence-corrected chi connectivity index (χ3v) is 5.50. The zero-order valence-electron chi connectivity index (χ0n) is 13.6. The number of hydrogen-bond donors (Lipinski definition) is 1. The molecule has 7 nitrogen and oxygen atoms in total. The summed E-state index contributed by atoms with van der Waals surface area (Å²) in [6, 6.07) is 9.35. The van der Waals surface area contributed by atoms with Crippen LogP contribution in [-0.2, 0) is 16.3 Å². The van der Waals surface area contributed by atoms with Crippen molar-refractivity contribution in [3.8, 4) is 5.75 Å². The molecule has 0 unspecified atom stereocenters. The number of fused-ring (bicyclic) bond motifs is 1. The minimum atomic E-state index is -5.67. The lowest BCUT2D eigenvalue weighted by Gasteiger charge is -2.14. The topological polar surface area (TPSA) is 98.5 Å². The molecule has 0 saturated heterocycles. The van der Waals surface area contributed by atoms with Gasteiger partial charge in [-0.1, -0.05) is 18.2 Å². The number of ether oxygens (including phenoxy) is 1. The van der Waals surface area contributed by atoms with Crippen molar-refractivity contribution >= 4 is 21.2 Å². The molecule has 0 aromatic heterocycles. The molecule has 11 heteroatoms. The SMILES string of the molecule is O=[N+]([O-])c1cc(S(=O)(=O)C(F)(F)F)ccc1NC[C@@H]1Cc2ccccc2O1. The summed E-state index contributed by atoms with van der Waals surface area (Å²) in [4.78, 5) is 9.06. The van der Waals surface area contributed by atoms with Gasteiger partial charge in [-0.05, 0) is 23.8 Å². The molecular formula is C16H13F3N2O5S. The minimum Gasteiger partial charge on any atom is -0.488 e. The van der Waals surface area contributed by atoms with Crippen molar-refractivity contribution < 1.29 is 31.2 Å². The number of benzene rings is 2. The number of alkyl halides is 3. The van der Waals surface area contributed by atoms with E-state index >= 15 is 0 Å². The van der Waals surface area contributed by atoms with Gasteiger partial charge in [0.05, 0.1) is 16.4 Å². The van der Waals surface area contributed by atoms with E-state index in [0.29, 0.717) is 24.3 Å². The Morgan fingerprint density at radius 3 is 2.56 bits per heavy atom. The lowest BCUT2D eigenvalue weighted by Crippen LogP contribution is -2.25. The molecule has 1 heterocycles. The molecule has 0 fully saturated rings. The number of nitrogens with one attached hydrogen (secondary N) is 1. The number of halogens is 3. The van der Waals surface area contributed by atoms with Crippen molar-refractivity contribution in [1.82, 2.24) is 0 Å². The Kier molecular flexibility index (Phi) is 4.72. The highest BCUT2D eigenvalue weighted by Crippen LogP contribution is 2.35. The van der Waals surface area contributed by atoms with E-state index in [1.54, 1.807) is 12.1 Å². The van der Waals surface area contributed by atoms with Gasteiger partial charge in [-0.2, -0.15) is 13.2 Å². The average Bonchev–Trinajstić information content (AvgIpc) is 3.01. The van der Waals surface area contributed by atoms with Gasteiger partial charge < -0.3 is 10.1 Å². The summed E-state index contributed by atoms with van der Waals surface area (Å²) < 4.78 is 66.5. The first kappa shape index (κ1) is 19.0. The number of nitro groups is 1. The third-order valence-electron chi connectivity index (χ3n) is 4.01. The number of hydrogen-bond acceptors (Lipinski definition) is 6. The van der Waals surface area contributed by atoms with Crippen LogP contribution in [0.3, 0.4) is 0 Å². The third kappa shape index (κ3) is 3.68. The predicted molar refractivity (Wildman–Crippen MR) is 89.4 cm³/mol. The molecule has 1 N–H and O–H groups in total. The fourth-order valence-electron chi connectivity index (χ4n) is 2.70. The van der Waals surface area contributed by atoms with Gasteiger partial charge in [0.2, 0.25) is 0 Å². The van der Waals surface area contributed by atoms with Crippen molar-refractivity contribution in [3.05, 3.63) is 58.1 Å². The van der Waals surface area contributed by atoms with Gasteiger partial charge in [0.15, 0.2) is 0 Å². The molecule has 0 radical (unpaired) electrons. The Hall–Kier alpha value is -2.82. The molecule has 1 aliphatic heterocycles. The monoisotopic (exact) mass is 402 g/mol. The predicted octanol–water partition coefficient (Wildman–Crippen LogP) is 3.30. The maximum Gasteiger partial charge on any atom is 0.501 e. The molecular weight excluding hydrogens is 389 g/mol. The minimum absolute atomic E-state index is 0.0966. The van der Waals surface area contributed by atoms with Gasteiger partial charge in [0, 0.05) is 12.5 Å². The molecule has 2 aromatic rings. The van der Waals surface area contributed by atoms with Gasteiger partial charge in [0.1, 0.15) is 17.5 Å². The quantitative estimate of drug-likeness (QED) is 0.609. The van der Waals surface area contributed by atoms with E-state index in [-0.39, 0.29) is 18.3 Å². The van der Waals surface area contributed by atoms with Crippen molar-refractivity contribution in [2.45, 2.75) is 22.9 Å². The fraction of sp³-hybridized carbons (Fsp3) is 0.250. The first-order valence-electron chi connectivity index (χ1n) is 7.68. The van der Waals surface area contributed by atoms with Gasteiger partial charge in [-0.25, -0.2) is 8.42 Å². The maximum atomic E-state index is 12.6. The number of sulfone groups is 1. The van der Waals surface area contributed by atoms with E-state index in [1.165, 1.54) is 0 Å². The van der Waals surface area contributed by atoms with Crippen LogP contribution in [0.2, 0.25) is 0 Å². The van der Waals surface area contributed by atoms with Crippen LogP contribution in [0.4, 0.5) is 24.5 Å².